The van der Waals surface area contributed by atoms with E-state index in [1.54, 1.807) is 36.4 Å². The van der Waals surface area contributed by atoms with Gasteiger partial charge in [-0.3, -0.25) is 14.7 Å². The number of hydrogen-bond donors (Lipinski definition) is 2. The number of nitrogens with zero attached hydrogens (tertiary/aromatic N) is 2. The number of methoxy groups -OCH3 is 1. The minimum absolute atomic E-state index is 0.168. The van der Waals surface area contributed by atoms with Gasteiger partial charge in [0, 0.05) is 13.0 Å². The van der Waals surface area contributed by atoms with Gasteiger partial charge < -0.3 is 13.9 Å². The van der Waals surface area contributed by atoms with E-state index in [0.717, 1.165) is 0 Å². The normalized spacial score (nSPS) is 10.7. The molecular formula is C18H16N4O5. The summed E-state index contributed by atoms with van der Waals surface area (Å²) in [6.45, 7) is 1.30. The van der Waals surface area contributed by atoms with E-state index in [9.17, 15) is 9.59 Å². The highest BCUT2D eigenvalue weighted by Crippen LogP contribution is 2.27. The van der Waals surface area contributed by atoms with Gasteiger partial charge in [0.2, 0.25) is 0 Å². The van der Waals surface area contributed by atoms with Crippen LogP contribution in [0, 0.1) is 0 Å². The van der Waals surface area contributed by atoms with E-state index in [2.05, 4.69) is 20.7 Å². The molecule has 0 bridgehead atoms. The first kappa shape index (κ1) is 17.9. The summed E-state index contributed by atoms with van der Waals surface area (Å²) in [7, 11) is 1.46. The van der Waals surface area contributed by atoms with Gasteiger partial charge in [-0.2, -0.15) is 10.2 Å². The van der Waals surface area contributed by atoms with Crippen LogP contribution in [0.3, 0.4) is 0 Å². The van der Waals surface area contributed by atoms with Crippen molar-refractivity contribution < 1.29 is 23.5 Å². The number of aromatic amines is 1. The van der Waals surface area contributed by atoms with Crippen LogP contribution < -0.4 is 14.9 Å². The van der Waals surface area contributed by atoms with Crippen LogP contribution in [-0.2, 0) is 4.79 Å². The van der Waals surface area contributed by atoms with Gasteiger partial charge in [0.05, 0.1) is 19.6 Å². The minimum Gasteiger partial charge on any atom is -0.493 e. The number of hydrazone groups is 1. The number of carbonyl (C=O) groups is 2. The third-order valence-electron chi connectivity index (χ3n) is 3.42. The van der Waals surface area contributed by atoms with E-state index in [-0.39, 0.29) is 5.69 Å². The summed E-state index contributed by atoms with van der Waals surface area (Å²) >= 11 is 0. The smallest absolute Gasteiger partial charge is 0.308 e. The first-order chi connectivity index (χ1) is 13.1. The van der Waals surface area contributed by atoms with E-state index in [0.29, 0.717) is 28.5 Å². The SMILES string of the molecule is COc1cc(C=NNC(=O)c2cc(-c3ccco3)[nH]n2)ccc1OC(C)=O. The van der Waals surface area contributed by atoms with Crippen LogP contribution in [0.4, 0.5) is 0 Å². The topological polar surface area (TPSA) is 119 Å². The second-order valence-electron chi connectivity index (χ2n) is 5.35. The summed E-state index contributed by atoms with van der Waals surface area (Å²) in [6, 6.07) is 9.91. The number of benzene rings is 1. The molecule has 0 unspecified atom stereocenters. The number of amides is 1. The Hall–Kier alpha value is -3.88. The lowest BCUT2D eigenvalue weighted by Crippen LogP contribution is -2.18. The lowest BCUT2D eigenvalue weighted by atomic mass is 10.2. The third kappa shape index (κ3) is 4.40. The summed E-state index contributed by atoms with van der Waals surface area (Å²) in [5.74, 6) is 0.313. The summed E-state index contributed by atoms with van der Waals surface area (Å²) in [6.07, 6.45) is 2.96. The molecule has 0 saturated carbocycles. The Morgan fingerprint density at radius 3 is 2.81 bits per heavy atom. The molecule has 0 aliphatic rings. The van der Waals surface area contributed by atoms with Crippen LogP contribution in [0.25, 0.3) is 11.5 Å². The molecule has 9 nitrogen and oxygen atoms in total. The largest absolute Gasteiger partial charge is 0.493 e. The van der Waals surface area contributed by atoms with Crippen LogP contribution in [0.1, 0.15) is 23.0 Å². The van der Waals surface area contributed by atoms with Crippen molar-refractivity contribution in [1.82, 2.24) is 15.6 Å². The van der Waals surface area contributed by atoms with Crippen LogP contribution in [0.15, 0.2) is 52.2 Å². The van der Waals surface area contributed by atoms with E-state index < -0.39 is 11.9 Å². The molecule has 3 aromatic rings. The molecule has 0 atom stereocenters. The molecule has 0 fully saturated rings. The fourth-order valence-electron chi connectivity index (χ4n) is 2.22. The lowest BCUT2D eigenvalue weighted by Gasteiger charge is -2.08. The molecule has 0 saturated heterocycles. The fourth-order valence-corrected chi connectivity index (χ4v) is 2.22. The summed E-state index contributed by atoms with van der Waals surface area (Å²) in [5, 5.41) is 10.5. The molecule has 138 valence electrons. The zero-order valence-electron chi connectivity index (χ0n) is 14.6. The summed E-state index contributed by atoms with van der Waals surface area (Å²) in [5.41, 5.74) is 3.77. The van der Waals surface area contributed by atoms with Crippen molar-refractivity contribution in [1.29, 1.82) is 0 Å². The second-order valence-corrected chi connectivity index (χ2v) is 5.35. The molecule has 1 aromatic carbocycles. The van der Waals surface area contributed by atoms with Crippen molar-refractivity contribution in [3.63, 3.8) is 0 Å². The predicted octanol–water partition coefficient (Wildman–Crippen LogP) is 2.37. The summed E-state index contributed by atoms with van der Waals surface area (Å²) in [4.78, 5) is 23.2. The summed E-state index contributed by atoms with van der Waals surface area (Å²) < 4.78 is 15.4. The van der Waals surface area contributed by atoms with Crippen LogP contribution in [0.2, 0.25) is 0 Å². The molecule has 2 N–H and O–H groups in total. The van der Waals surface area contributed by atoms with Gasteiger partial charge in [0.25, 0.3) is 5.91 Å². The van der Waals surface area contributed by atoms with Crippen molar-refractivity contribution in [2.75, 3.05) is 7.11 Å². The molecular weight excluding hydrogens is 352 g/mol. The number of nitrogens with one attached hydrogen (secondary N) is 2. The Morgan fingerprint density at radius 2 is 2.11 bits per heavy atom. The van der Waals surface area contributed by atoms with Crippen LogP contribution in [-0.4, -0.2) is 35.4 Å². The average molecular weight is 368 g/mol. The Bertz CT molecular complexity index is 976. The molecule has 27 heavy (non-hydrogen) atoms. The molecule has 0 aliphatic carbocycles. The van der Waals surface area contributed by atoms with Crippen molar-refractivity contribution in [3.05, 3.63) is 53.9 Å². The van der Waals surface area contributed by atoms with Gasteiger partial charge in [0.1, 0.15) is 5.69 Å². The molecule has 0 aliphatic heterocycles. The molecule has 2 heterocycles. The standard InChI is InChI=1S/C18H16N4O5/c1-11(23)27-16-6-5-12(8-17(16)25-2)10-19-22-18(24)14-9-13(20-21-14)15-4-3-7-26-15/h3-10H,1-2H3,(H,20,21)(H,22,24). The highest BCUT2D eigenvalue weighted by Gasteiger charge is 2.12. The van der Waals surface area contributed by atoms with E-state index in [1.165, 1.54) is 26.5 Å². The quantitative estimate of drug-likeness (QED) is 0.298. The fraction of sp³-hybridized carbons (Fsp3) is 0.111. The third-order valence-corrected chi connectivity index (χ3v) is 3.42. The number of esters is 1. The highest BCUT2D eigenvalue weighted by atomic mass is 16.6. The van der Waals surface area contributed by atoms with Gasteiger partial charge in [-0.1, -0.05) is 0 Å². The van der Waals surface area contributed by atoms with E-state index >= 15 is 0 Å². The average Bonchev–Trinajstić information content (AvgIpc) is 3.33. The molecule has 0 spiro atoms. The minimum atomic E-state index is -0.483. The maximum atomic E-state index is 12.1. The van der Waals surface area contributed by atoms with Crippen LogP contribution in [0.5, 0.6) is 11.5 Å². The number of H-pyrrole nitrogens is 1. The van der Waals surface area contributed by atoms with E-state index in [1.807, 2.05) is 0 Å². The Morgan fingerprint density at radius 1 is 1.26 bits per heavy atom. The Kier molecular flexibility index (Phi) is 5.31. The number of ether oxygens (including phenoxy) is 2. The van der Waals surface area contributed by atoms with Gasteiger partial charge in [-0.15, -0.1) is 0 Å². The predicted molar refractivity (Wildman–Crippen MR) is 95.7 cm³/mol. The van der Waals surface area contributed by atoms with Crippen molar-refractivity contribution in [2.45, 2.75) is 6.92 Å². The highest BCUT2D eigenvalue weighted by molar-refractivity contribution is 5.94. The van der Waals surface area contributed by atoms with E-state index in [4.69, 9.17) is 13.9 Å². The number of furan rings is 1. The number of carbonyl (C=O) groups excluding carboxylic acids is 2. The maximum Gasteiger partial charge on any atom is 0.308 e. The van der Waals surface area contributed by atoms with Gasteiger partial charge >= 0.3 is 5.97 Å². The monoisotopic (exact) mass is 368 g/mol. The Balaban J connectivity index is 1.65. The zero-order valence-corrected chi connectivity index (χ0v) is 14.6. The lowest BCUT2D eigenvalue weighted by molar-refractivity contribution is -0.132. The maximum absolute atomic E-state index is 12.1. The molecule has 9 heteroatoms. The zero-order chi connectivity index (χ0) is 19.2. The molecule has 2 aromatic heterocycles. The number of hydrogen-bond acceptors (Lipinski definition) is 7. The number of rotatable bonds is 6. The van der Waals surface area contributed by atoms with Crippen molar-refractivity contribution in [2.24, 2.45) is 5.10 Å². The van der Waals surface area contributed by atoms with Gasteiger partial charge in [-0.25, -0.2) is 5.43 Å². The van der Waals surface area contributed by atoms with Gasteiger partial charge in [0.15, 0.2) is 23.0 Å². The van der Waals surface area contributed by atoms with Gasteiger partial charge in [-0.05, 0) is 35.9 Å². The molecule has 3 rings (SSSR count). The number of aromatic nitrogens is 2. The molecule has 0 radical (unpaired) electrons. The Labute approximate surface area is 154 Å². The van der Waals surface area contributed by atoms with Crippen LogP contribution >= 0.6 is 0 Å². The molecule has 1 amide bonds. The first-order valence-corrected chi connectivity index (χ1v) is 7.86. The van der Waals surface area contributed by atoms with Crippen molar-refractivity contribution >= 4 is 18.1 Å². The second kappa shape index (κ2) is 8.00. The van der Waals surface area contributed by atoms with Crippen molar-refractivity contribution in [3.8, 4) is 23.0 Å². The first-order valence-electron chi connectivity index (χ1n) is 7.86.